The molecule has 1 unspecified atom stereocenters. The minimum atomic E-state index is -0.361. The molecule has 0 saturated carbocycles. The fourth-order valence-corrected chi connectivity index (χ4v) is 2.40. The zero-order valence-corrected chi connectivity index (χ0v) is 12.4. The van der Waals surface area contributed by atoms with Gasteiger partial charge in [0.2, 0.25) is 0 Å². The third-order valence-corrected chi connectivity index (χ3v) is 4.09. The second kappa shape index (κ2) is 7.08. The van der Waals surface area contributed by atoms with Crippen molar-refractivity contribution >= 4 is 0 Å². The number of nitriles is 1. The summed E-state index contributed by atoms with van der Waals surface area (Å²) < 4.78 is 0. The highest BCUT2D eigenvalue weighted by Crippen LogP contribution is 2.12. The maximum absolute atomic E-state index is 9.09. The van der Waals surface area contributed by atoms with Gasteiger partial charge in [0.15, 0.2) is 0 Å². The maximum atomic E-state index is 9.09. The topological polar surface area (TPSA) is 42.3 Å². The zero-order chi connectivity index (χ0) is 13.6. The van der Waals surface area contributed by atoms with Crippen LogP contribution in [0.15, 0.2) is 0 Å². The van der Waals surface area contributed by atoms with E-state index in [1.165, 1.54) is 26.2 Å². The lowest BCUT2D eigenvalue weighted by atomic mass is 9.98. The Morgan fingerprint density at radius 1 is 1.28 bits per heavy atom. The fraction of sp³-hybridized carbons (Fsp3) is 0.929. The molecule has 0 spiro atoms. The normalized spacial score (nSPS) is 21.8. The van der Waals surface area contributed by atoms with Crippen LogP contribution < -0.4 is 5.32 Å². The highest BCUT2D eigenvalue weighted by molar-refractivity contribution is 5.02. The molecule has 0 aromatic carbocycles. The Bertz CT molecular complexity index is 276. The molecular weight excluding hydrogens is 224 g/mol. The van der Waals surface area contributed by atoms with Gasteiger partial charge in [-0.15, -0.1) is 0 Å². The van der Waals surface area contributed by atoms with E-state index in [4.69, 9.17) is 5.26 Å². The lowest BCUT2D eigenvalue weighted by molar-refractivity contribution is 0.106. The van der Waals surface area contributed by atoms with E-state index in [0.29, 0.717) is 6.04 Å². The monoisotopic (exact) mass is 252 g/mol. The van der Waals surface area contributed by atoms with Gasteiger partial charge in [-0.05, 0) is 47.2 Å². The van der Waals surface area contributed by atoms with Crippen molar-refractivity contribution in [2.45, 2.75) is 45.2 Å². The molecular formula is C14H28N4. The first-order valence-corrected chi connectivity index (χ1v) is 7.07. The number of hydrogen-bond acceptors (Lipinski definition) is 4. The molecule has 1 aliphatic rings. The number of nitrogens with zero attached hydrogens (tertiary/aromatic N) is 3. The molecule has 1 heterocycles. The Kier molecular flexibility index (Phi) is 6.07. The Balaban J connectivity index is 2.21. The van der Waals surface area contributed by atoms with Gasteiger partial charge in [-0.25, -0.2) is 0 Å². The Labute approximate surface area is 112 Å². The van der Waals surface area contributed by atoms with E-state index >= 15 is 0 Å². The first-order valence-electron chi connectivity index (χ1n) is 7.07. The summed E-state index contributed by atoms with van der Waals surface area (Å²) in [5.74, 6) is 0. The summed E-state index contributed by atoms with van der Waals surface area (Å²) >= 11 is 0. The van der Waals surface area contributed by atoms with Crippen molar-refractivity contribution in [1.29, 1.82) is 5.26 Å². The molecule has 0 radical (unpaired) electrons. The van der Waals surface area contributed by atoms with E-state index in [1.807, 2.05) is 14.0 Å². The standard InChI is InChI=1S/C14H28N4/c1-13(2)18-10-8-17(9-11-18)7-5-6-14(3,12-15)16-4/h13,16H,5-11H2,1-4H3. The summed E-state index contributed by atoms with van der Waals surface area (Å²) in [5, 5.41) is 12.2. The van der Waals surface area contributed by atoms with Crippen LogP contribution in [0.5, 0.6) is 0 Å². The van der Waals surface area contributed by atoms with Crippen LogP contribution in [0.3, 0.4) is 0 Å². The summed E-state index contributed by atoms with van der Waals surface area (Å²) in [4.78, 5) is 5.05. The summed E-state index contributed by atoms with van der Waals surface area (Å²) in [7, 11) is 1.87. The van der Waals surface area contributed by atoms with E-state index < -0.39 is 0 Å². The molecule has 1 fully saturated rings. The van der Waals surface area contributed by atoms with Crippen molar-refractivity contribution in [1.82, 2.24) is 15.1 Å². The SMILES string of the molecule is CNC(C)(C#N)CCCN1CCN(C(C)C)CC1. The van der Waals surface area contributed by atoms with Gasteiger partial charge in [-0.2, -0.15) is 5.26 Å². The van der Waals surface area contributed by atoms with Crippen molar-refractivity contribution in [3.8, 4) is 6.07 Å². The van der Waals surface area contributed by atoms with Crippen molar-refractivity contribution in [2.24, 2.45) is 0 Å². The Morgan fingerprint density at radius 2 is 1.89 bits per heavy atom. The fourth-order valence-electron chi connectivity index (χ4n) is 2.40. The lowest BCUT2D eigenvalue weighted by Gasteiger charge is -2.37. The van der Waals surface area contributed by atoms with Crippen LogP contribution in [-0.2, 0) is 0 Å². The number of rotatable bonds is 6. The lowest BCUT2D eigenvalue weighted by Crippen LogP contribution is -2.49. The average Bonchev–Trinajstić information content (AvgIpc) is 2.39. The van der Waals surface area contributed by atoms with Gasteiger partial charge in [0.25, 0.3) is 0 Å². The molecule has 0 bridgehead atoms. The van der Waals surface area contributed by atoms with Crippen molar-refractivity contribution in [2.75, 3.05) is 39.8 Å². The summed E-state index contributed by atoms with van der Waals surface area (Å²) in [5.41, 5.74) is -0.361. The quantitative estimate of drug-likeness (QED) is 0.773. The summed E-state index contributed by atoms with van der Waals surface area (Å²) in [6.45, 7) is 12.3. The smallest absolute Gasteiger partial charge is 0.103 e. The van der Waals surface area contributed by atoms with Crippen LogP contribution in [0.1, 0.15) is 33.6 Å². The van der Waals surface area contributed by atoms with Gasteiger partial charge < -0.3 is 10.2 Å². The second-order valence-corrected chi connectivity index (χ2v) is 5.77. The summed E-state index contributed by atoms with van der Waals surface area (Å²) in [6.07, 6.45) is 2.01. The largest absolute Gasteiger partial charge is 0.303 e. The zero-order valence-electron chi connectivity index (χ0n) is 12.4. The number of hydrogen-bond donors (Lipinski definition) is 1. The molecule has 4 heteroatoms. The van der Waals surface area contributed by atoms with Crippen LogP contribution in [0, 0.1) is 11.3 Å². The molecule has 0 amide bonds. The van der Waals surface area contributed by atoms with Gasteiger partial charge in [0.1, 0.15) is 5.54 Å². The van der Waals surface area contributed by atoms with Gasteiger partial charge >= 0.3 is 0 Å². The molecule has 1 rings (SSSR count). The molecule has 1 atom stereocenters. The maximum Gasteiger partial charge on any atom is 0.103 e. The summed E-state index contributed by atoms with van der Waals surface area (Å²) in [6, 6.07) is 3.02. The minimum Gasteiger partial charge on any atom is -0.303 e. The molecule has 0 aliphatic carbocycles. The van der Waals surface area contributed by atoms with Gasteiger partial charge in [0.05, 0.1) is 6.07 Å². The highest BCUT2D eigenvalue weighted by Gasteiger charge is 2.22. The molecule has 1 N–H and O–H groups in total. The first kappa shape index (κ1) is 15.4. The first-order chi connectivity index (χ1) is 8.50. The second-order valence-electron chi connectivity index (χ2n) is 5.77. The van der Waals surface area contributed by atoms with Gasteiger partial charge in [-0.1, -0.05) is 0 Å². The van der Waals surface area contributed by atoms with Crippen LogP contribution in [0.4, 0.5) is 0 Å². The van der Waals surface area contributed by atoms with Crippen LogP contribution in [0.2, 0.25) is 0 Å². The number of piperazine rings is 1. The predicted octanol–water partition coefficient (Wildman–Crippen LogP) is 1.29. The molecule has 1 aliphatic heterocycles. The third kappa shape index (κ3) is 4.56. The van der Waals surface area contributed by atoms with Crippen molar-refractivity contribution < 1.29 is 0 Å². The van der Waals surface area contributed by atoms with Crippen LogP contribution in [0.25, 0.3) is 0 Å². The van der Waals surface area contributed by atoms with Crippen molar-refractivity contribution in [3.63, 3.8) is 0 Å². The van der Waals surface area contributed by atoms with E-state index in [1.54, 1.807) is 0 Å². The molecule has 18 heavy (non-hydrogen) atoms. The third-order valence-electron chi connectivity index (χ3n) is 4.09. The average molecular weight is 252 g/mol. The van der Waals surface area contributed by atoms with Crippen LogP contribution in [-0.4, -0.2) is 61.2 Å². The molecule has 104 valence electrons. The molecule has 1 saturated heterocycles. The minimum absolute atomic E-state index is 0.361. The Morgan fingerprint density at radius 3 is 2.33 bits per heavy atom. The highest BCUT2D eigenvalue weighted by atomic mass is 15.3. The van der Waals surface area contributed by atoms with Gasteiger partial charge in [0, 0.05) is 32.2 Å². The Hall–Kier alpha value is -0.630. The van der Waals surface area contributed by atoms with Gasteiger partial charge in [-0.3, -0.25) is 4.90 Å². The molecule has 0 aromatic heterocycles. The van der Waals surface area contributed by atoms with E-state index in [9.17, 15) is 0 Å². The van der Waals surface area contributed by atoms with E-state index in [-0.39, 0.29) is 5.54 Å². The number of nitrogens with one attached hydrogen (secondary N) is 1. The molecule has 0 aromatic rings. The van der Waals surface area contributed by atoms with E-state index in [0.717, 1.165) is 19.4 Å². The molecule has 4 nitrogen and oxygen atoms in total. The predicted molar refractivity (Wildman–Crippen MR) is 75.5 cm³/mol. The van der Waals surface area contributed by atoms with Crippen LogP contribution >= 0.6 is 0 Å². The van der Waals surface area contributed by atoms with E-state index in [2.05, 4.69) is 35.0 Å². The van der Waals surface area contributed by atoms with Crippen molar-refractivity contribution in [3.05, 3.63) is 0 Å².